The fraction of sp³-hybridized carbons (Fsp3) is 0.188. The molecule has 1 N–H and O–H groups in total. The molecule has 0 amide bonds. The third-order valence-corrected chi connectivity index (χ3v) is 3.25. The minimum atomic E-state index is 0.727. The highest BCUT2D eigenvalue weighted by Gasteiger charge is 2.04. The lowest BCUT2D eigenvalue weighted by Gasteiger charge is -2.00. The molecule has 0 saturated carbocycles. The van der Waals surface area contributed by atoms with Crippen LogP contribution in [-0.2, 0) is 6.42 Å². The summed E-state index contributed by atoms with van der Waals surface area (Å²) >= 11 is 0. The molecule has 0 saturated heterocycles. The summed E-state index contributed by atoms with van der Waals surface area (Å²) in [4.78, 5) is 7.64. The number of aliphatic imine (C=N–C) groups is 1. The molecular weight excluding hydrogens is 252 g/mol. The van der Waals surface area contributed by atoms with E-state index in [1.54, 1.807) is 19.6 Å². The van der Waals surface area contributed by atoms with Gasteiger partial charge < -0.3 is 14.1 Å². The van der Waals surface area contributed by atoms with Gasteiger partial charge in [0.2, 0.25) is 0 Å². The number of H-pyrrole nitrogens is 1. The Labute approximate surface area is 117 Å². The van der Waals surface area contributed by atoms with E-state index >= 15 is 0 Å². The van der Waals surface area contributed by atoms with Gasteiger partial charge in [0.15, 0.2) is 0 Å². The zero-order valence-corrected chi connectivity index (χ0v) is 11.3. The molecule has 1 aromatic carbocycles. The van der Waals surface area contributed by atoms with Crippen LogP contribution >= 0.6 is 0 Å². The summed E-state index contributed by atoms with van der Waals surface area (Å²) in [6, 6.07) is 9.78. The third-order valence-electron chi connectivity index (χ3n) is 3.25. The predicted octanol–water partition coefficient (Wildman–Crippen LogP) is 3.43. The standard InChI is InChI=1S/C16H16N2O2/c1-19-13-4-5-16-15(9-13)12(10-18-16)6-7-17-11-14-3-2-8-20-14/h2-5,8-11,18H,6-7H2,1H3. The normalized spacial score (nSPS) is 11.4. The molecule has 4 nitrogen and oxygen atoms in total. The van der Waals surface area contributed by atoms with Gasteiger partial charge in [-0.25, -0.2) is 0 Å². The van der Waals surface area contributed by atoms with Crippen LogP contribution in [0.5, 0.6) is 5.75 Å². The molecule has 0 atom stereocenters. The first-order valence-electron chi connectivity index (χ1n) is 6.54. The summed E-state index contributed by atoms with van der Waals surface area (Å²) in [6.45, 7) is 0.727. The highest BCUT2D eigenvalue weighted by atomic mass is 16.5. The summed E-state index contributed by atoms with van der Waals surface area (Å²) in [7, 11) is 1.68. The van der Waals surface area contributed by atoms with Crippen LogP contribution in [0.3, 0.4) is 0 Å². The summed E-state index contributed by atoms with van der Waals surface area (Å²) in [5.41, 5.74) is 2.37. The quantitative estimate of drug-likeness (QED) is 0.721. The van der Waals surface area contributed by atoms with Crippen LogP contribution in [-0.4, -0.2) is 24.9 Å². The molecule has 102 valence electrons. The summed E-state index contributed by atoms with van der Waals surface area (Å²) in [5, 5.41) is 1.19. The largest absolute Gasteiger partial charge is 0.497 e. The smallest absolute Gasteiger partial charge is 0.144 e. The van der Waals surface area contributed by atoms with Crippen molar-refractivity contribution in [1.29, 1.82) is 0 Å². The molecule has 0 aliphatic carbocycles. The Morgan fingerprint density at radius 3 is 3.10 bits per heavy atom. The van der Waals surface area contributed by atoms with Crippen molar-refractivity contribution >= 4 is 17.1 Å². The van der Waals surface area contributed by atoms with E-state index in [0.717, 1.165) is 30.0 Å². The lowest BCUT2D eigenvalue weighted by Crippen LogP contribution is -1.89. The van der Waals surface area contributed by atoms with Crippen molar-refractivity contribution < 1.29 is 9.15 Å². The van der Waals surface area contributed by atoms with E-state index in [1.165, 1.54) is 10.9 Å². The molecule has 0 fully saturated rings. The SMILES string of the molecule is COc1ccc2[nH]cc(CCN=Cc3ccco3)c2c1. The Balaban J connectivity index is 1.71. The summed E-state index contributed by atoms with van der Waals surface area (Å²) < 4.78 is 10.5. The topological polar surface area (TPSA) is 50.5 Å². The first-order valence-corrected chi connectivity index (χ1v) is 6.54. The van der Waals surface area contributed by atoms with Gasteiger partial charge in [-0.05, 0) is 42.3 Å². The average molecular weight is 268 g/mol. The van der Waals surface area contributed by atoms with E-state index in [2.05, 4.69) is 16.0 Å². The second kappa shape index (κ2) is 5.65. The number of nitrogens with zero attached hydrogens (tertiary/aromatic N) is 1. The molecule has 0 radical (unpaired) electrons. The third kappa shape index (κ3) is 2.59. The highest BCUT2D eigenvalue weighted by molar-refractivity contribution is 5.84. The van der Waals surface area contributed by atoms with Crippen molar-refractivity contribution in [3.05, 3.63) is 54.1 Å². The minimum absolute atomic E-state index is 0.727. The minimum Gasteiger partial charge on any atom is -0.497 e. The number of methoxy groups -OCH3 is 1. The van der Waals surface area contributed by atoms with Crippen LogP contribution in [0.1, 0.15) is 11.3 Å². The first kappa shape index (κ1) is 12.5. The number of furan rings is 1. The Morgan fingerprint density at radius 2 is 2.30 bits per heavy atom. The number of ether oxygens (including phenoxy) is 1. The number of hydrogen-bond donors (Lipinski definition) is 1. The molecule has 2 heterocycles. The number of benzene rings is 1. The van der Waals surface area contributed by atoms with Gasteiger partial charge in [-0.2, -0.15) is 0 Å². The Bertz CT molecular complexity index is 711. The van der Waals surface area contributed by atoms with Gasteiger partial charge in [-0.15, -0.1) is 0 Å². The molecule has 0 aliphatic heterocycles. The monoisotopic (exact) mass is 268 g/mol. The summed E-state index contributed by atoms with van der Waals surface area (Å²) in [5.74, 6) is 1.66. The molecule has 3 aromatic rings. The van der Waals surface area contributed by atoms with Gasteiger partial charge in [-0.3, -0.25) is 4.99 Å². The molecule has 3 rings (SSSR count). The molecule has 0 spiro atoms. The van der Waals surface area contributed by atoms with Crippen LogP contribution in [0.15, 0.2) is 52.2 Å². The maximum atomic E-state index is 5.27. The van der Waals surface area contributed by atoms with Crippen LogP contribution in [0.25, 0.3) is 10.9 Å². The van der Waals surface area contributed by atoms with E-state index in [9.17, 15) is 0 Å². The molecule has 20 heavy (non-hydrogen) atoms. The molecule has 0 bridgehead atoms. The zero-order chi connectivity index (χ0) is 13.8. The fourth-order valence-electron chi connectivity index (χ4n) is 2.20. The van der Waals surface area contributed by atoms with Crippen molar-refractivity contribution in [2.75, 3.05) is 13.7 Å². The average Bonchev–Trinajstić information content (AvgIpc) is 3.13. The molecule has 0 aliphatic rings. The van der Waals surface area contributed by atoms with E-state index in [0.29, 0.717) is 0 Å². The van der Waals surface area contributed by atoms with Gasteiger partial charge in [0.05, 0.1) is 19.6 Å². The highest BCUT2D eigenvalue weighted by Crippen LogP contribution is 2.23. The predicted molar refractivity (Wildman–Crippen MR) is 79.7 cm³/mol. The van der Waals surface area contributed by atoms with Gasteiger partial charge in [-0.1, -0.05) is 0 Å². The zero-order valence-electron chi connectivity index (χ0n) is 11.3. The lowest BCUT2D eigenvalue weighted by molar-refractivity contribution is 0.415. The number of nitrogens with one attached hydrogen (secondary N) is 1. The van der Waals surface area contributed by atoms with Gasteiger partial charge in [0.1, 0.15) is 11.5 Å². The Kier molecular flexibility index (Phi) is 3.54. The van der Waals surface area contributed by atoms with Crippen molar-refractivity contribution in [2.24, 2.45) is 4.99 Å². The maximum Gasteiger partial charge on any atom is 0.144 e. The van der Waals surface area contributed by atoms with Crippen LogP contribution in [0.2, 0.25) is 0 Å². The second-order valence-electron chi connectivity index (χ2n) is 4.53. The van der Waals surface area contributed by atoms with Crippen LogP contribution in [0, 0.1) is 0 Å². The fourth-order valence-corrected chi connectivity index (χ4v) is 2.20. The van der Waals surface area contributed by atoms with E-state index in [1.807, 2.05) is 30.5 Å². The summed E-state index contributed by atoms with van der Waals surface area (Å²) in [6.07, 6.45) is 6.32. The molecule has 4 heteroatoms. The van der Waals surface area contributed by atoms with E-state index in [4.69, 9.17) is 9.15 Å². The first-order chi connectivity index (χ1) is 9.86. The Morgan fingerprint density at radius 1 is 1.35 bits per heavy atom. The molecule has 0 unspecified atom stereocenters. The van der Waals surface area contributed by atoms with E-state index < -0.39 is 0 Å². The molecule has 2 aromatic heterocycles. The van der Waals surface area contributed by atoms with Crippen molar-refractivity contribution in [3.8, 4) is 5.75 Å². The number of rotatable bonds is 5. The van der Waals surface area contributed by atoms with Crippen LogP contribution in [0.4, 0.5) is 0 Å². The molecular formula is C16H16N2O2. The van der Waals surface area contributed by atoms with Crippen molar-refractivity contribution in [2.45, 2.75) is 6.42 Å². The van der Waals surface area contributed by atoms with Gasteiger partial charge >= 0.3 is 0 Å². The lowest BCUT2D eigenvalue weighted by atomic mass is 10.1. The van der Waals surface area contributed by atoms with Crippen molar-refractivity contribution in [1.82, 2.24) is 4.98 Å². The number of fused-ring (bicyclic) bond motifs is 1. The van der Waals surface area contributed by atoms with Crippen LogP contribution < -0.4 is 4.74 Å². The van der Waals surface area contributed by atoms with Gasteiger partial charge in [0, 0.05) is 23.6 Å². The van der Waals surface area contributed by atoms with Crippen molar-refractivity contribution in [3.63, 3.8) is 0 Å². The maximum absolute atomic E-state index is 5.27. The number of aromatic amines is 1. The second-order valence-corrected chi connectivity index (χ2v) is 4.53. The van der Waals surface area contributed by atoms with Gasteiger partial charge in [0.25, 0.3) is 0 Å². The Hall–Kier alpha value is -2.49. The van der Waals surface area contributed by atoms with E-state index in [-0.39, 0.29) is 0 Å². The number of hydrogen-bond acceptors (Lipinski definition) is 3. The number of aromatic nitrogens is 1.